The molecule has 0 fully saturated rings. The van der Waals surface area contributed by atoms with Crippen molar-refractivity contribution >= 4 is 16.9 Å². The molecule has 0 aliphatic rings. The summed E-state index contributed by atoms with van der Waals surface area (Å²) >= 11 is 0. The van der Waals surface area contributed by atoms with Crippen molar-refractivity contribution in [2.75, 3.05) is 0 Å². The lowest BCUT2D eigenvalue weighted by molar-refractivity contribution is -0.121. The fourth-order valence-corrected chi connectivity index (χ4v) is 3.30. The summed E-state index contributed by atoms with van der Waals surface area (Å²) in [6.07, 6.45) is 3.82. The molecular weight excluding hydrogens is 357 g/mol. The maximum Gasteiger partial charge on any atom is 0.242 e. The number of nitrogens with zero attached hydrogens (tertiary/aromatic N) is 4. The minimum Gasteiger partial charge on any atom is -0.350 e. The van der Waals surface area contributed by atoms with Crippen LogP contribution in [0.3, 0.4) is 0 Å². The fourth-order valence-electron chi connectivity index (χ4n) is 3.30. The first-order valence-electron chi connectivity index (χ1n) is 9.00. The predicted octanol–water partition coefficient (Wildman–Crippen LogP) is 3.29. The van der Waals surface area contributed by atoms with Gasteiger partial charge in [-0.1, -0.05) is 12.1 Å². The van der Waals surface area contributed by atoms with Gasteiger partial charge in [-0.2, -0.15) is 5.10 Å². The Kier molecular flexibility index (Phi) is 4.65. The van der Waals surface area contributed by atoms with Crippen molar-refractivity contribution in [3.05, 3.63) is 77.5 Å². The minimum atomic E-state index is -0.323. The number of fused-ring (bicyclic) bond motifs is 1. The summed E-state index contributed by atoms with van der Waals surface area (Å²) in [4.78, 5) is 17.1. The number of pyridine rings is 1. The van der Waals surface area contributed by atoms with Crippen LogP contribution in [-0.2, 0) is 17.9 Å². The summed E-state index contributed by atoms with van der Waals surface area (Å²) in [5, 5.41) is 8.37. The highest BCUT2D eigenvalue weighted by Gasteiger charge is 2.17. The molecule has 4 aromatic rings. The number of halogens is 1. The lowest BCUT2D eigenvalue weighted by Gasteiger charge is -2.07. The molecule has 0 spiro atoms. The molecule has 0 atom stereocenters. The van der Waals surface area contributed by atoms with E-state index in [0.717, 1.165) is 22.5 Å². The van der Waals surface area contributed by atoms with E-state index >= 15 is 0 Å². The average molecular weight is 377 g/mol. The highest BCUT2D eigenvalue weighted by atomic mass is 19.1. The molecule has 7 heteroatoms. The highest BCUT2D eigenvalue weighted by molar-refractivity contribution is 5.88. The van der Waals surface area contributed by atoms with Gasteiger partial charge in [-0.25, -0.2) is 14.1 Å². The smallest absolute Gasteiger partial charge is 0.242 e. The second-order valence-corrected chi connectivity index (χ2v) is 6.76. The molecule has 1 aromatic carbocycles. The third-order valence-corrected chi connectivity index (χ3v) is 4.53. The molecule has 142 valence electrons. The zero-order valence-electron chi connectivity index (χ0n) is 15.7. The predicted molar refractivity (Wildman–Crippen MR) is 105 cm³/mol. The van der Waals surface area contributed by atoms with Gasteiger partial charge in [0.15, 0.2) is 11.5 Å². The summed E-state index contributed by atoms with van der Waals surface area (Å²) < 4.78 is 16.8. The zero-order chi connectivity index (χ0) is 19.7. The van der Waals surface area contributed by atoms with Crippen LogP contribution in [-0.4, -0.2) is 25.2 Å². The van der Waals surface area contributed by atoms with E-state index in [1.807, 2.05) is 49.0 Å². The Morgan fingerprint density at radius 2 is 1.93 bits per heavy atom. The quantitative estimate of drug-likeness (QED) is 0.580. The fraction of sp³-hybridized carbons (Fsp3) is 0.190. The number of hydrogen-bond donors (Lipinski definition) is 1. The third-order valence-electron chi connectivity index (χ3n) is 4.53. The summed E-state index contributed by atoms with van der Waals surface area (Å²) in [7, 11) is 0. The van der Waals surface area contributed by atoms with E-state index in [9.17, 15) is 9.18 Å². The standard InChI is InChI=1S/C21H20FN5O/c1-14-10-15(2)24-20-19(14)21(26-8-3-4-9-26)25-27(20)13-18(28)23-12-16-6-5-7-17(22)11-16/h3-11H,12-13H2,1-2H3,(H,23,28). The van der Waals surface area contributed by atoms with Crippen molar-refractivity contribution in [3.8, 4) is 5.82 Å². The van der Waals surface area contributed by atoms with Crippen LogP contribution in [0.25, 0.3) is 16.9 Å². The van der Waals surface area contributed by atoms with Crippen LogP contribution >= 0.6 is 0 Å². The molecule has 0 unspecified atom stereocenters. The molecule has 6 nitrogen and oxygen atoms in total. The Balaban J connectivity index is 1.62. The summed E-state index contributed by atoms with van der Waals surface area (Å²) in [6, 6.07) is 12.0. The Hall–Kier alpha value is -3.48. The van der Waals surface area contributed by atoms with Crippen LogP contribution in [0.15, 0.2) is 54.9 Å². The molecule has 0 saturated heterocycles. The monoisotopic (exact) mass is 377 g/mol. The van der Waals surface area contributed by atoms with Crippen molar-refractivity contribution in [2.45, 2.75) is 26.9 Å². The number of nitrogens with one attached hydrogen (secondary N) is 1. The van der Waals surface area contributed by atoms with Gasteiger partial charge in [-0.15, -0.1) is 0 Å². The first-order chi connectivity index (χ1) is 13.5. The molecule has 0 aliphatic heterocycles. The van der Waals surface area contributed by atoms with Gasteiger partial charge in [-0.05, 0) is 55.3 Å². The molecule has 1 amide bonds. The number of rotatable bonds is 5. The molecular formula is C21H20FN5O. The number of carbonyl (C=O) groups excluding carboxylic acids is 1. The lowest BCUT2D eigenvalue weighted by atomic mass is 10.2. The highest BCUT2D eigenvalue weighted by Crippen LogP contribution is 2.25. The van der Waals surface area contributed by atoms with E-state index in [1.54, 1.807) is 16.8 Å². The normalized spacial score (nSPS) is 11.1. The molecule has 0 saturated carbocycles. The largest absolute Gasteiger partial charge is 0.350 e. The zero-order valence-corrected chi connectivity index (χ0v) is 15.7. The Labute approximate surface area is 161 Å². The van der Waals surface area contributed by atoms with E-state index in [0.29, 0.717) is 11.2 Å². The topological polar surface area (TPSA) is 64.7 Å². The van der Waals surface area contributed by atoms with Crippen LogP contribution in [0.2, 0.25) is 0 Å². The van der Waals surface area contributed by atoms with E-state index in [4.69, 9.17) is 0 Å². The van der Waals surface area contributed by atoms with Crippen molar-refractivity contribution < 1.29 is 9.18 Å². The molecule has 3 heterocycles. The van der Waals surface area contributed by atoms with Gasteiger partial charge < -0.3 is 9.88 Å². The van der Waals surface area contributed by atoms with Gasteiger partial charge in [0, 0.05) is 24.6 Å². The molecule has 3 aromatic heterocycles. The van der Waals surface area contributed by atoms with Crippen LogP contribution in [0.1, 0.15) is 16.8 Å². The second-order valence-electron chi connectivity index (χ2n) is 6.76. The first kappa shape index (κ1) is 17.9. The number of benzene rings is 1. The Morgan fingerprint density at radius 3 is 2.68 bits per heavy atom. The third kappa shape index (κ3) is 3.51. The summed E-state index contributed by atoms with van der Waals surface area (Å²) in [5.41, 5.74) is 3.29. The van der Waals surface area contributed by atoms with E-state index in [2.05, 4.69) is 15.4 Å². The van der Waals surface area contributed by atoms with E-state index in [-0.39, 0.29) is 24.8 Å². The molecule has 0 aliphatic carbocycles. The number of carbonyl (C=O) groups is 1. The first-order valence-corrected chi connectivity index (χ1v) is 9.00. The van der Waals surface area contributed by atoms with Gasteiger partial charge in [0.05, 0.1) is 5.39 Å². The van der Waals surface area contributed by atoms with Crippen LogP contribution in [0.5, 0.6) is 0 Å². The van der Waals surface area contributed by atoms with Gasteiger partial charge in [-0.3, -0.25) is 4.79 Å². The van der Waals surface area contributed by atoms with Gasteiger partial charge in [0.1, 0.15) is 12.4 Å². The van der Waals surface area contributed by atoms with Crippen molar-refractivity contribution in [3.63, 3.8) is 0 Å². The van der Waals surface area contributed by atoms with Gasteiger partial charge >= 0.3 is 0 Å². The Morgan fingerprint density at radius 1 is 1.14 bits per heavy atom. The van der Waals surface area contributed by atoms with E-state index < -0.39 is 0 Å². The van der Waals surface area contributed by atoms with Gasteiger partial charge in [0.2, 0.25) is 5.91 Å². The number of amides is 1. The van der Waals surface area contributed by atoms with Crippen molar-refractivity contribution in [1.82, 2.24) is 24.6 Å². The van der Waals surface area contributed by atoms with Gasteiger partial charge in [0.25, 0.3) is 0 Å². The van der Waals surface area contributed by atoms with E-state index in [1.165, 1.54) is 12.1 Å². The molecule has 0 bridgehead atoms. The molecule has 0 radical (unpaired) electrons. The second kappa shape index (κ2) is 7.26. The van der Waals surface area contributed by atoms with Crippen LogP contribution < -0.4 is 5.32 Å². The maximum absolute atomic E-state index is 13.3. The summed E-state index contributed by atoms with van der Waals surface area (Å²) in [6.45, 7) is 4.22. The number of aromatic nitrogens is 4. The molecule has 1 N–H and O–H groups in total. The van der Waals surface area contributed by atoms with Crippen LogP contribution in [0, 0.1) is 19.7 Å². The van der Waals surface area contributed by atoms with Crippen LogP contribution in [0.4, 0.5) is 4.39 Å². The molecule has 4 rings (SSSR count). The number of hydrogen-bond acceptors (Lipinski definition) is 3. The number of aryl methyl sites for hydroxylation is 2. The summed E-state index contributed by atoms with van der Waals surface area (Å²) in [5.74, 6) is 0.202. The SMILES string of the molecule is Cc1cc(C)c2c(-n3cccc3)nn(CC(=O)NCc3cccc(F)c3)c2n1. The molecule has 28 heavy (non-hydrogen) atoms. The Bertz CT molecular complexity index is 1150. The van der Waals surface area contributed by atoms with Crippen molar-refractivity contribution in [2.24, 2.45) is 0 Å². The lowest BCUT2D eigenvalue weighted by Crippen LogP contribution is -2.27. The minimum absolute atomic E-state index is 0.0307. The average Bonchev–Trinajstić information content (AvgIpc) is 3.29. The maximum atomic E-state index is 13.3. The van der Waals surface area contributed by atoms with Crippen molar-refractivity contribution in [1.29, 1.82) is 0 Å².